The Hall–Kier alpha value is -0.130. The molecular formula is C12H19ClN2OS. The fraction of sp³-hybridized carbons (Fsp3) is 0.667. The Bertz CT molecular complexity index is 358. The second-order valence-corrected chi connectivity index (χ2v) is 5.90. The molecule has 1 aromatic rings. The van der Waals surface area contributed by atoms with Crippen molar-refractivity contribution >= 4 is 22.9 Å². The van der Waals surface area contributed by atoms with Crippen LogP contribution >= 0.6 is 22.9 Å². The highest BCUT2D eigenvalue weighted by atomic mass is 35.5. The van der Waals surface area contributed by atoms with E-state index in [0.29, 0.717) is 18.5 Å². The molecule has 5 heteroatoms. The number of nitrogens with two attached hydrogens (primary N) is 1. The molecule has 96 valence electrons. The number of halogens is 1. The smallest absolute Gasteiger partial charge is 0.0564 e. The van der Waals surface area contributed by atoms with Crippen molar-refractivity contribution in [2.75, 3.05) is 33.4 Å². The van der Waals surface area contributed by atoms with Crippen LogP contribution < -0.4 is 5.73 Å². The first-order valence-corrected chi connectivity index (χ1v) is 7.17. The van der Waals surface area contributed by atoms with Gasteiger partial charge in [-0.15, -0.1) is 11.3 Å². The second-order valence-electron chi connectivity index (χ2n) is 4.52. The molecule has 0 bridgehead atoms. The van der Waals surface area contributed by atoms with Crippen LogP contribution in [0.2, 0.25) is 5.02 Å². The van der Waals surface area contributed by atoms with Gasteiger partial charge in [0.2, 0.25) is 0 Å². The molecule has 0 radical (unpaired) electrons. The van der Waals surface area contributed by atoms with Crippen LogP contribution in [0.3, 0.4) is 0 Å². The van der Waals surface area contributed by atoms with Gasteiger partial charge in [0.05, 0.1) is 17.7 Å². The minimum Gasteiger partial charge on any atom is -0.384 e. The second kappa shape index (κ2) is 6.16. The minimum absolute atomic E-state index is 0.314. The Morgan fingerprint density at radius 3 is 3.12 bits per heavy atom. The van der Waals surface area contributed by atoms with Crippen LogP contribution in [0.4, 0.5) is 0 Å². The van der Waals surface area contributed by atoms with Crippen molar-refractivity contribution in [3.63, 3.8) is 0 Å². The van der Waals surface area contributed by atoms with Crippen LogP contribution in [0.5, 0.6) is 0 Å². The number of ether oxygens (including phenoxy) is 1. The number of likely N-dealkylation sites (tertiary alicyclic amines) is 1. The molecule has 2 atom stereocenters. The van der Waals surface area contributed by atoms with Crippen molar-refractivity contribution in [3.05, 3.63) is 21.3 Å². The van der Waals surface area contributed by atoms with Crippen molar-refractivity contribution in [1.82, 2.24) is 4.90 Å². The maximum absolute atomic E-state index is 5.98. The summed E-state index contributed by atoms with van der Waals surface area (Å²) < 4.78 is 5.22. The maximum Gasteiger partial charge on any atom is 0.0564 e. The monoisotopic (exact) mass is 274 g/mol. The van der Waals surface area contributed by atoms with Crippen molar-refractivity contribution in [1.29, 1.82) is 0 Å². The molecule has 1 aromatic heterocycles. The molecule has 0 spiro atoms. The third-order valence-corrected chi connectivity index (χ3v) is 4.68. The lowest BCUT2D eigenvalue weighted by Crippen LogP contribution is -2.31. The van der Waals surface area contributed by atoms with E-state index in [1.807, 2.05) is 11.4 Å². The molecule has 0 aliphatic carbocycles. The summed E-state index contributed by atoms with van der Waals surface area (Å²) in [6, 6.07) is 2.35. The van der Waals surface area contributed by atoms with E-state index in [1.54, 1.807) is 18.4 Å². The van der Waals surface area contributed by atoms with E-state index in [1.165, 1.54) is 11.3 Å². The number of hydrogen-bond acceptors (Lipinski definition) is 4. The van der Waals surface area contributed by atoms with Crippen LogP contribution in [0.1, 0.15) is 17.3 Å². The third-order valence-electron chi connectivity index (χ3n) is 3.30. The predicted octanol–water partition coefficient (Wildman–Crippen LogP) is 2.37. The van der Waals surface area contributed by atoms with E-state index in [-0.39, 0.29) is 0 Å². The highest BCUT2D eigenvalue weighted by Gasteiger charge is 2.29. The number of methoxy groups -OCH3 is 1. The molecule has 2 unspecified atom stereocenters. The summed E-state index contributed by atoms with van der Waals surface area (Å²) in [5.74, 6) is 0.643. The molecule has 1 aliphatic rings. The zero-order chi connectivity index (χ0) is 12.3. The fourth-order valence-corrected chi connectivity index (χ4v) is 3.70. The maximum atomic E-state index is 5.98. The van der Waals surface area contributed by atoms with E-state index in [4.69, 9.17) is 22.1 Å². The van der Waals surface area contributed by atoms with Gasteiger partial charge in [-0.05, 0) is 24.9 Å². The highest BCUT2D eigenvalue weighted by Crippen LogP contribution is 2.32. The molecule has 2 heterocycles. The molecule has 0 aromatic carbocycles. The fourth-order valence-electron chi connectivity index (χ4n) is 2.47. The number of rotatable bonds is 5. The quantitative estimate of drug-likeness (QED) is 0.896. The average molecular weight is 275 g/mol. The molecule has 2 rings (SSSR count). The molecule has 2 N–H and O–H groups in total. The SMILES string of the molecule is COCC1CCN(C(CN)c2cc(Cl)cs2)C1. The molecule has 0 saturated carbocycles. The lowest BCUT2D eigenvalue weighted by molar-refractivity contribution is 0.148. The molecule has 1 saturated heterocycles. The molecule has 1 fully saturated rings. The minimum atomic E-state index is 0.314. The summed E-state index contributed by atoms with van der Waals surface area (Å²) >= 11 is 7.68. The lowest BCUT2D eigenvalue weighted by atomic mass is 10.1. The van der Waals surface area contributed by atoms with Crippen molar-refractivity contribution in [2.45, 2.75) is 12.5 Å². The van der Waals surface area contributed by atoms with Gasteiger partial charge in [0.25, 0.3) is 0 Å². The topological polar surface area (TPSA) is 38.5 Å². The summed E-state index contributed by atoms with van der Waals surface area (Å²) in [4.78, 5) is 3.72. The molecular weight excluding hydrogens is 256 g/mol. The largest absolute Gasteiger partial charge is 0.384 e. The van der Waals surface area contributed by atoms with Crippen molar-refractivity contribution in [2.24, 2.45) is 11.7 Å². The summed E-state index contributed by atoms with van der Waals surface area (Å²) in [6.07, 6.45) is 1.20. The van der Waals surface area contributed by atoms with Crippen LogP contribution in [0, 0.1) is 5.92 Å². The van der Waals surface area contributed by atoms with Crippen LogP contribution in [0.25, 0.3) is 0 Å². The Morgan fingerprint density at radius 1 is 1.71 bits per heavy atom. The van der Waals surface area contributed by atoms with Crippen molar-refractivity contribution in [3.8, 4) is 0 Å². The molecule has 17 heavy (non-hydrogen) atoms. The lowest BCUT2D eigenvalue weighted by Gasteiger charge is -2.25. The standard InChI is InChI=1S/C12H19ClN2OS/c1-16-7-9-2-3-15(6-9)11(5-14)12-4-10(13)8-17-12/h4,8-9,11H,2-3,5-7,14H2,1H3. The van der Waals surface area contributed by atoms with E-state index in [9.17, 15) is 0 Å². The first kappa shape index (κ1) is 13.3. The van der Waals surface area contributed by atoms with Gasteiger partial charge < -0.3 is 10.5 Å². The van der Waals surface area contributed by atoms with Gasteiger partial charge in [0.15, 0.2) is 0 Å². The van der Waals surface area contributed by atoms with Gasteiger partial charge in [-0.2, -0.15) is 0 Å². The number of nitrogens with zero attached hydrogens (tertiary/aromatic N) is 1. The summed E-state index contributed by atoms with van der Waals surface area (Å²) in [5, 5.41) is 2.79. The van der Waals surface area contributed by atoms with Gasteiger partial charge >= 0.3 is 0 Å². The third kappa shape index (κ3) is 3.20. The summed E-state index contributed by atoms with van der Waals surface area (Å²) in [5.41, 5.74) is 5.90. The first-order valence-electron chi connectivity index (χ1n) is 5.91. The zero-order valence-corrected chi connectivity index (χ0v) is 11.6. The van der Waals surface area contributed by atoms with Crippen LogP contribution in [-0.2, 0) is 4.74 Å². The average Bonchev–Trinajstić information content (AvgIpc) is 2.91. The summed E-state index contributed by atoms with van der Waals surface area (Å²) in [6.45, 7) is 3.67. The first-order chi connectivity index (χ1) is 8.24. The van der Waals surface area contributed by atoms with Gasteiger partial charge in [0.1, 0.15) is 0 Å². The highest BCUT2D eigenvalue weighted by molar-refractivity contribution is 7.10. The Balaban J connectivity index is 2.00. The Kier molecular flexibility index (Phi) is 4.82. The van der Waals surface area contributed by atoms with Crippen LogP contribution in [0.15, 0.2) is 11.4 Å². The van der Waals surface area contributed by atoms with Gasteiger partial charge in [-0.3, -0.25) is 4.90 Å². The zero-order valence-electron chi connectivity index (χ0n) is 10.1. The van der Waals surface area contributed by atoms with Crippen molar-refractivity contribution < 1.29 is 4.74 Å². The van der Waals surface area contributed by atoms with E-state index in [2.05, 4.69) is 4.90 Å². The molecule has 3 nitrogen and oxygen atoms in total. The Labute approximate surface area is 112 Å². The van der Waals surface area contributed by atoms with Gasteiger partial charge in [-0.25, -0.2) is 0 Å². The summed E-state index contributed by atoms with van der Waals surface area (Å²) in [7, 11) is 1.77. The normalized spacial score (nSPS) is 23.1. The van der Waals surface area contributed by atoms with Crippen LogP contribution in [-0.4, -0.2) is 38.3 Å². The molecule has 0 amide bonds. The number of thiophene rings is 1. The van der Waals surface area contributed by atoms with Gasteiger partial charge in [-0.1, -0.05) is 11.6 Å². The molecule has 1 aliphatic heterocycles. The van der Waals surface area contributed by atoms with Gasteiger partial charge in [0, 0.05) is 30.5 Å². The number of hydrogen-bond donors (Lipinski definition) is 1. The van der Waals surface area contributed by atoms with E-state index in [0.717, 1.165) is 24.7 Å². The van der Waals surface area contributed by atoms with E-state index < -0.39 is 0 Å². The van der Waals surface area contributed by atoms with E-state index >= 15 is 0 Å². The predicted molar refractivity (Wildman–Crippen MR) is 72.7 cm³/mol. The Morgan fingerprint density at radius 2 is 2.53 bits per heavy atom.